The minimum absolute atomic E-state index is 0.0928. The molecular weight excluding hydrogens is 576 g/mol. The van der Waals surface area contributed by atoms with Crippen LogP contribution in [0.3, 0.4) is 0 Å². The summed E-state index contributed by atoms with van der Waals surface area (Å²) >= 11 is 6.60. The standard InChI is InChI=1S/C22H20Br2N4O6/c1-4-12(2)21-26-17-6-5-14(23)8-16(17)22(30)27(21)25-10-13-7-15(24)9-18(28(31)32)20(13)34-11-19(29)33-3/h5-10,12H,4,11H2,1-3H3/t12-/m1/s1. The number of fused-ring (bicyclic) bond motifs is 1. The van der Waals surface area contributed by atoms with Gasteiger partial charge in [0, 0.05) is 26.5 Å². The fourth-order valence-electron chi connectivity index (χ4n) is 3.08. The van der Waals surface area contributed by atoms with Gasteiger partial charge in [-0.2, -0.15) is 9.78 Å². The van der Waals surface area contributed by atoms with E-state index in [4.69, 9.17) is 4.74 Å². The number of aromatic nitrogens is 2. The number of carbonyl (C=O) groups excluding carboxylic acids is 1. The van der Waals surface area contributed by atoms with Gasteiger partial charge in [0.1, 0.15) is 5.82 Å². The highest BCUT2D eigenvalue weighted by atomic mass is 79.9. The van der Waals surface area contributed by atoms with Crippen molar-refractivity contribution in [2.45, 2.75) is 26.2 Å². The molecule has 1 heterocycles. The number of halogens is 2. The zero-order chi connectivity index (χ0) is 25.0. The van der Waals surface area contributed by atoms with E-state index in [1.165, 1.54) is 30.1 Å². The second-order valence-corrected chi connectivity index (χ2v) is 9.10. The Morgan fingerprint density at radius 1 is 1.29 bits per heavy atom. The number of ether oxygens (including phenoxy) is 2. The molecule has 34 heavy (non-hydrogen) atoms. The first-order chi connectivity index (χ1) is 16.2. The molecule has 0 N–H and O–H groups in total. The maximum Gasteiger partial charge on any atom is 0.343 e. The smallest absolute Gasteiger partial charge is 0.343 e. The van der Waals surface area contributed by atoms with E-state index in [0.717, 1.165) is 0 Å². The predicted octanol–water partition coefficient (Wildman–Crippen LogP) is 4.78. The van der Waals surface area contributed by atoms with Gasteiger partial charge in [0.05, 0.1) is 29.2 Å². The van der Waals surface area contributed by atoms with E-state index >= 15 is 0 Å². The van der Waals surface area contributed by atoms with E-state index in [2.05, 4.69) is 46.7 Å². The summed E-state index contributed by atoms with van der Waals surface area (Å²) in [5.74, 6) is -0.540. The second kappa shape index (κ2) is 10.9. The van der Waals surface area contributed by atoms with Crippen molar-refractivity contribution in [3.8, 4) is 5.75 Å². The van der Waals surface area contributed by atoms with Crippen molar-refractivity contribution in [2.75, 3.05) is 13.7 Å². The van der Waals surface area contributed by atoms with Crippen molar-refractivity contribution in [3.05, 3.63) is 71.1 Å². The third-order valence-corrected chi connectivity index (χ3v) is 5.97. The molecule has 0 unspecified atom stereocenters. The van der Waals surface area contributed by atoms with Crippen molar-refractivity contribution in [2.24, 2.45) is 5.10 Å². The lowest BCUT2D eigenvalue weighted by Crippen LogP contribution is -2.23. The lowest BCUT2D eigenvalue weighted by Gasteiger charge is -2.14. The average molecular weight is 596 g/mol. The lowest BCUT2D eigenvalue weighted by molar-refractivity contribution is -0.385. The Balaban J connectivity index is 2.20. The predicted molar refractivity (Wildman–Crippen MR) is 134 cm³/mol. The maximum atomic E-state index is 13.3. The Bertz CT molecular complexity index is 1360. The summed E-state index contributed by atoms with van der Waals surface area (Å²) in [4.78, 5) is 40.5. The molecule has 1 atom stereocenters. The van der Waals surface area contributed by atoms with Crippen molar-refractivity contribution < 1.29 is 19.2 Å². The van der Waals surface area contributed by atoms with E-state index in [9.17, 15) is 19.7 Å². The van der Waals surface area contributed by atoms with Crippen LogP contribution in [0.4, 0.5) is 5.69 Å². The number of rotatable bonds is 8. The van der Waals surface area contributed by atoms with Gasteiger partial charge in [-0.25, -0.2) is 9.78 Å². The molecule has 10 nitrogen and oxygen atoms in total. The van der Waals surface area contributed by atoms with Crippen LogP contribution in [0.5, 0.6) is 5.75 Å². The van der Waals surface area contributed by atoms with Crippen molar-refractivity contribution in [3.63, 3.8) is 0 Å². The Labute approximate surface area is 211 Å². The first-order valence-corrected chi connectivity index (χ1v) is 11.7. The van der Waals surface area contributed by atoms with Crippen molar-refractivity contribution in [1.82, 2.24) is 9.66 Å². The van der Waals surface area contributed by atoms with Crippen LogP contribution in [0.1, 0.15) is 37.6 Å². The Morgan fingerprint density at radius 3 is 2.68 bits per heavy atom. The molecule has 12 heteroatoms. The molecule has 0 aliphatic heterocycles. The third-order valence-electron chi connectivity index (χ3n) is 5.02. The molecule has 0 saturated carbocycles. The summed E-state index contributed by atoms with van der Waals surface area (Å²) in [7, 11) is 1.18. The number of nitro groups is 1. The minimum Gasteiger partial charge on any atom is -0.474 e. The van der Waals surface area contributed by atoms with E-state index in [1.54, 1.807) is 18.2 Å². The average Bonchev–Trinajstić information content (AvgIpc) is 2.81. The summed E-state index contributed by atoms with van der Waals surface area (Å²) < 4.78 is 12.2. The molecule has 0 amide bonds. The molecular formula is C22H20Br2N4O6. The number of hydrogen-bond acceptors (Lipinski definition) is 8. The van der Waals surface area contributed by atoms with Gasteiger partial charge in [0.15, 0.2) is 6.61 Å². The zero-order valence-electron chi connectivity index (χ0n) is 18.4. The van der Waals surface area contributed by atoms with Crippen LogP contribution >= 0.6 is 31.9 Å². The highest BCUT2D eigenvalue weighted by molar-refractivity contribution is 9.10. The molecule has 1 aromatic heterocycles. The third kappa shape index (κ3) is 5.50. The fraction of sp³-hybridized carbons (Fsp3) is 0.273. The van der Waals surface area contributed by atoms with Crippen LogP contribution < -0.4 is 10.3 Å². The van der Waals surface area contributed by atoms with Crippen LogP contribution in [0.25, 0.3) is 10.9 Å². The van der Waals surface area contributed by atoms with E-state index < -0.39 is 17.5 Å². The van der Waals surface area contributed by atoms with Crippen molar-refractivity contribution in [1.29, 1.82) is 0 Å². The van der Waals surface area contributed by atoms with Crippen molar-refractivity contribution >= 4 is 60.6 Å². The SMILES string of the molecule is CC[C@@H](C)c1nc2ccc(Br)cc2c(=O)n1N=Cc1cc(Br)cc([N+](=O)[O-])c1OCC(=O)OC. The summed E-state index contributed by atoms with van der Waals surface area (Å²) in [6, 6.07) is 7.98. The highest BCUT2D eigenvalue weighted by Crippen LogP contribution is 2.34. The van der Waals surface area contributed by atoms with E-state index in [1.807, 2.05) is 13.8 Å². The molecule has 0 aliphatic carbocycles. The number of hydrogen-bond donors (Lipinski definition) is 0. The van der Waals surface area contributed by atoms with Crippen LogP contribution in [-0.4, -0.2) is 40.5 Å². The Morgan fingerprint density at radius 2 is 2.03 bits per heavy atom. The molecule has 3 aromatic rings. The molecule has 0 bridgehead atoms. The summed E-state index contributed by atoms with van der Waals surface area (Å²) in [6.45, 7) is 3.35. The van der Waals surface area contributed by atoms with Gasteiger partial charge in [-0.1, -0.05) is 45.7 Å². The molecule has 0 aliphatic rings. The first-order valence-electron chi connectivity index (χ1n) is 10.1. The van der Waals surface area contributed by atoms with Gasteiger partial charge < -0.3 is 9.47 Å². The molecule has 0 radical (unpaired) electrons. The Kier molecular flexibility index (Phi) is 8.15. The number of methoxy groups -OCH3 is 1. The van der Waals surface area contributed by atoms with Gasteiger partial charge in [-0.15, -0.1) is 0 Å². The highest BCUT2D eigenvalue weighted by Gasteiger charge is 2.22. The number of esters is 1. The second-order valence-electron chi connectivity index (χ2n) is 7.27. The maximum absolute atomic E-state index is 13.3. The largest absolute Gasteiger partial charge is 0.474 e. The van der Waals surface area contributed by atoms with Crippen LogP contribution in [-0.2, 0) is 9.53 Å². The molecule has 2 aromatic carbocycles. The lowest BCUT2D eigenvalue weighted by atomic mass is 10.1. The molecule has 0 saturated heterocycles. The van der Waals surface area contributed by atoms with E-state index in [0.29, 0.717) is 32.1 Å². The number of carbonyl (C=O) groups is 1. The number of nitro benzene ring substituents is 1. The number of nitrogens with zero attached hydrogens (tertiary/aromatic N) is 4. The van der Waals surface area contributed by atoms with Crippen LogP contribution in [0, 0.1) is 10.1 Å². The number of benzene rings is 2. The normalized spacial score (nSPS) is 12.1. The summed E-state index contributed by atoms with van der Waals surface area (Å²) in [5.41, 5.74) is -0.0503. The topological polar surface area (TPSA) is 126 Å². The fourth-order valence-corrected chi connectivity index (χ4v) is 3.90. The molecule has 0 spiro atoms. The van der Waals surface area contributed by atoms with Crippen LogP contribution in [0.2, 0.25) is 0 Å². The molecule has 0 fully saturated rings. The van der Waals surface area contributed by atoms with Gasteiger partial charge >= 0.3 is 11.7 Å². The zero-order valence-corrected chi connectivity index (χ0v) is 21.6. The van der Waals surface area contributed by atoms with Gasteiger partial charge in [0.2, 0.25) is 5.75 Å². The molecule has 178 valence electrons. The monoisotopic (exact) mass is 594 g/mol. The summed E-state index contributed by atoms with van der Waals surface area (Å²) in [5, 5.41) is 16.3. The molecule has 3 rings (SSSR count). The Hall–Kier alpha value is -3.12. The van der Waals surface area contributed by atoms with Gasteiger partial charge in [0.25, 0.3) is 5.56 Å². The van der Waals surface area contributed by atoms with Gasteiger partial charge in [-0.3, -0.25) is 14.9 Å². The first kappa shape index (κ1) is 25.5. The van der Waals surface area contributed by atoms with Gasteiger partial charge in [-0.05, 0) is 30.7 Å². The van der Waals surface area contributed by atoms with E-state index in [-0.39, 0.29) is 28.5 Å². The quantitative estimate of drug-likeness (QED) is 0.159. The minimum atomic E-state index is -0.709. The summed E-state index contributed by atoms with van der Waals surface area (Å²) in [6.07, 6.45) is 1.98. The van der Waals surface area contributed by atoms with Crippen LogP contribution in [0.15, 0.2) is 49.2 Å².